The van der Waals surface area contributed by atoms with Crippen LogP contribution in [0.15, 0.2) is 79.1 Å². The summed E-state index contributed by atoms with van der Waals surface area (Å²) in [5.74, 6) is -1.91. The van der Waals surface area contributed by atoms with Gasteiger partial charge in [0.1, 0.15) is 17.7 Å². The molecule has 0 aliphatic carbocycles. The molecule has 0 amide bonds. The Bertz CT molecular complexity index is 1320. The van der Waals surface area contributed by atoms with Gasteiger partial charge < -0.3 is 15.8 Å². The second-order valence-corrected chi connectivity index (χ2v) is 8.80. The molecule has 7 heteroatoms. The Labute approximate surface area is 209 Å². The monoisotopic (exact) mass is 489 g/mol. The molecular formula is C29H29F2N3O2. The fourth-order valence-corrected chi connectivity index (χ4v) is 4.21. The largest absolute Gasteiger partial charge is 0.456 e. The summed E-state index contributed by atoms with van der Waals surface area (Å²) in [6.45, 7) is 2.91. The molecule has 0 saturated heterocycles. The van der Waals surface area contributed by atoms with Crippen molar-refractivity contribution in [3.63, 3.8) is 0 Å². The maximum Gasteiger partial charge on any atom is 0.340 e. The minimum absolute atomic E-state index is 0.132. The summed E-state index contributed by atoms with van der Waals surface area (Å²) in [6, 6.07) is 18.2. The summed E-state index contributed by atoms with van der Waals surface area (Å²) < 4.78 is 33.3. The zero-order valence-electron chi connectivity index (χ0n) is 20.1. The number of hydrogen-bond acceptors (Lipinski definition) is 5. The number of aryl methyl sites for hydroxylation is 1. The Balaban J connectivity index is 1.52. The average Bonchev–Trinajstić information content (AvgIpc) is 2.87. The Hall–Kier alpha value is -3.68. The van der Waals surface area contributed by atoms with Gasteiger partial charge in [0.05, 0.1) is 5.56 Å². The first-order chi connectivity index (χ1) is 17.4. The third-order valence-corrected chi connectivity index (χ3v) is 6.09. The molecule has 1 aromatic heterocycles. The van der Waals surface area contributed by atoms with Crippen molar-refractivity contribution < 1.29 is 18.3 Å². The molecule has 5 nitrogen and oxygen atoms in total. The van der Waals surface area contributed by atoms with Crippen LogP contribution in [0.3, 0.4) is 0 Å². The van der Waals surface area contributed by atoms with Gasteiger partial charge in [0, 0.05) is 43.0 Å². The van der Waals surface area contributed by atoms with E-state index in [1.807, 2.05) is 36.4 Å². The summed E-state index contributed by atoms with van der Waals surface area (Å²) in [4.78, 5) is 17.3. The van der Waals surface area contributed by atoms with E-state index in [4.69, 9.17) is 10.5 Å². The third kappa shape index (κ3) is 6.50. The number of halogens is 2. The van der Waals surface area contributed by atoms with E-state index in [0.29, 0.717) is 17.7 Å². The van der Waals surface area contributed by atoms with Gasteiger partial charge in [-0.15, -0.1) is 0 Å². The van der Waals surface area contributed by atoms with E-state index in [1.54, 1.807) is 6.20 Å². The van der Waals surface area contributed by atoms with Crippen LogP contribution in [-0.4, -0.2) is 29.6 Å². The standard InChI is InChI=1S/C29H29F2N3O2/c1-2-19-6-5-7-20(10-19)15-33-18-28(27(32)13-21-11-23(30)14-24(31)12-21)36-29(35)26-17-34-16-22-8-3-4-9-25(22)26/h3-12,14,16-17,27-28,33H,2,13,15,18,32H2,1H3/t27-,28+/m0/s1. The average molecular weight is 490 g/mol. The first-order valence-electron chi connectivity index (χ1n) is 12.0. The van der Waals surface area contributed by atoms with Crippen molar-refractivity contribution in [2.45, 2.75) is 38.5 Å². The molecule has 0 radical (unpaired) electrons. The van der Waals surface area contributed by atoms with Crippen molar-refractivity contribution in [1.29, 1.82) is 0 Å². The number of nitrogens with zero attached hydrogens (tertiary/aromatic N) is 1. The molecule has 2 atom stereocenters. The van der Waals surface area contributed by atoms with Gasteiger partial charge in [-0.3, -0.25) is 4.98 Å². The van der Waals surface area contributed by atoms with Crippen LogP contribution < -0.4 is 11.1 Å². The number of carbonyl (C=O) groups excluding carboxylic acids is 1. The quantitative estimate of drug-likeness (QED) is 0.308. The lowest BCUT2D eigenvalue weighted by atomic mass is 10.0. The minimum atomic E-state index is -0.753. The zero-order chi connectivity index (χ0) is 25.5. The molecule has 0 fully saturated rings. The Kier molecular flexibility index (Phi) is 8.36. The second kappa shape index (κ2) is 11.8. The van der Waals surface area contributed by atoms with Gasteiger partial charge in [0.15, 0.2) is 0 Å². The van der Waals surface area contributed by atoms with Gasteiger partial charge in [0.2, 0.25) is 0 Å². The molecule has 0 aliphatic rings. The third-order valence-electron chi connectivity index (χ3n) is 6.09. The molecule has 0 aliphatic heterocycles. The molecular weight excluding hydrogens is 460 g/mol. The highest BCUT2D eigenvalue weighted by Gasteiger charge is 2.25. The Morgan fingerprint density at radius 2 is 1.72 bits per heavy atom. The van der Waals surface area contributed by atoms with Crippen molar-refractivity contribution in [1.82, 2.24) is 10.3 Å². The molecule has 186 valence electrons. The van der Waals surface area contributed by atoms with Crippen molar-refractivity contribution in [2.75, 3.05) is 6.54 Å². The van der Waals surface area contributed by atoms with Crippen LogP contribution in [0.25, 0.3) is 10.8 Å². The Morgan fingerprint density at radius 3 is 2.50 bits per heavy atom. The van der Waals surface area contributed by atoms with E-state index in [9.17, 15) is 13.6 Å². The number of nitrogens with two attached hydrogens (primary N) is 1. The molecule has 0 spiro atoms. The van der Waals surface area contributed by atoms with Crippen LogP contribution in [0.1, 0.15) is 34.0 Å². The molecule has 0 unspecified atom stereocenters. The maximum absolute atomic E-state index is 13.7. The van der Waals surface area contributed by atoms with Crippen molar-refractivity contribution in [3.05, 3.63) is 113 Å². The summed E-state index contributed by atoms with van der Waals surface area (Å²) in [5, 5.41) is 4.86. The normalized spacial score (nSPS) is 12.9. The number of hydrogen-bond donors (Lipinski definition) is 2. The topological polar surface area (TPSA) is 77.2 Å². The molecule has 0 bridgehead atoms. The molecule has 0 saturated carbocycles. The predicted molar refractivity (Wildman–Crippen MR) is 137 cm³/mol. The summed E-state index contributed by atoms with van der Waals surface area (Å²) in [6.07, 6.45) is 3.46. The van der Waals surface area contributed by atoms with E-state index in [-0.39, 0.29) is 13.0 Å². The van der Waals surface area contributed by atoms with Gasteiger partial charge in [0.25, 0.3) is 0 Å². The number of pyridine rings is 1. The lowest BCUT2D eigenvalue weighted by Gasteiger charge is -2.25. The van der Waals surface area contributed by atoms with Gasteiger partial charge in [-0.25, -0.2) is 13.6 Å². The molecule has 3 N–H and O–H groups in total. The second-order valence-electron chi connectivity index (χ2n) is 8.80. The van der Waals surface area contributed by atoms with Gasteiger partial charge >= 0.3 is 5.97 Å². The number of carbonyl (C=O) groups is 1. The number of nitrogens with one attached hydrogen (secondary N) is 1. The van der Waals surface area contributed by atoms with Crippen LogP contribution >= 0.6 is 0 Å². The maximum atomic E-state index is 13.7. The lowest BCUT2D eigenvalue weighted by Crippen LogP contribution is -2.46. The Morgan fingerprint density at radius 1 is 0.972 bits per heavy atom. The molecule has 36 heavy (non-hydrogen) atoms. The first kappa shape index (κ1) is 25.4. The van der Waals surface area contributed by atoms with Gasteiger partial charge in [-0.2, -0.15) is 0 Å². The minimum Gasteiger partial charge on any atom is -0.456 e. The summed E-state index contributed by atoms with van der Waals surface area (Å²) >= 11 is 0. The van der Waals surface area contributed by atoms with E-state index in [1.165, 1.54) is 23.9 Å². The molecule has 1 heterocycles. The first-order valence-corrected chi connectivity index (χ1v) is 12.0. The van der Waals surface area contributed by atoms with Crippen molar-refractivity contribution in [2.24, 2.45) is 5.73 Å². The van der Waals surface area contributed by atoms with E-state index in [2.05, 4.69) is 29.4 Å². The molecule has 4 rings (SSSR count). The number of aromatic nitrogens is 1. The molecule has 3 aromatic carbocycles. The van der Waals surface area contributed by atoms with Crippen LogP contribution in [-0.2, 0) is 24.1 Å². The fraction of sp³-hybridized carbons (Fsp3) is 0.241. The van der Waals surface area contributed by atoms with E-state index >= 15 is 0 Å². The smallest absolute Gasteiger partial charge is 0.340 e. The SMILES string of the molecule is CCc1cccc(CNC[C@@H](OC(=O)c2cncc3ccccc23)[C@@H](N)Cc2cc(F)cc(F)c2)c1. The number of benzene rings is 3. The number of fused-ring (bicyclic) bond motifs is 1. The highest BCUT2D eigenvalue weighted by Crippen LogP contribution is 2.19. The van der Waals surface area contributed by atoms with Gasteiger partial charge in [-0.05, 0) is 47.1 Å². The van der Waals surface area contributed by atoms with E-state index in [0.717, 1.165) is 28.8 Å². The predicted octanol–water partition coefficient (Wildman–Crippen LogP) is 4.96. The van der Waals surface area contributed by atoms with Crippen LogP contribution in [0.4, 0.5) is 8.78 Å². The highest BCUT2D eigenvalue weighted by molar-refractivity contribution is 6.03. The van der Waals surface area contributed by atoms with Crippen LogP contribution in [0.5, 0.6) is 0 Å². The van der Waals surface area contributed by atoms with Crippen molar-refractivity contribution >= 4 is 16.7 Å². The highest BCUT2D eigenvalue weighted by atomic mass is 19.1. The molecule has 4 aromatic rings. The van der Waals surface area contributed by atoms with Crippen LogP contribution in [0.2, 0.25) is 0 Å². The fourth-order valence-electron chi connectivity index (χ4n) is 4.21. The van der Waals surface area contributed by atoms with E-state index < -0.39 is 29.7 Å². The number of ether oxygens (including phenoxy) is 1. The van der Waals surface area contributed by atoms with Gasteiger partial charge in [-0.1, -0.05) is 55.5 Å². The number of esters is 1. The summed E-state index contributed by atoms with van der Waals surface area (Å²) in [5.41, 5.74) is 9.48. The summed E-state index contributed by atoms with van der Waals surface area (Å²) in [7, 11) is 0. The van der Waals surface area contributed by atoms with Crippen LogP contribution in [0, 0.1) is 11.6 Å². The lowest BCUT2D eigenvalue weighted by molar-refractivity contribution is 0.0240. The zero-order valence-corrected chi connectivity index (χ0v) is 20.1. The van der Waals surface area contributed by atoms with Crippen molar-refractivity contribution in [3.8, 4) is 0 Å². The number of rotatable bonds is 10.